The van der Waals surface area contributed by atoms with E-state index in [2.05, 4.69) is 51.1 Å². The third-order valence-corrected chi connectivity index (χ3v) is 10.0. The maximum Gasteiger partial charge on any atom is 0.747 e. The fourth-order valence-corrected chi connectivity index (χ4v) is 7.23. The second kappa shape index (κ2) is 16.6. The summed E-state index contributed by atoms with van der Waals surface area (Å²) in [4.78, 5) is 54.4. The van der Waals surface area contributed by atoms with Crippen molar-refractivity contribution >= 4 is 63.8 Å². The largest absolute Gasteiger partial charge is 0.747 e. The van der Waals surface area contributed by atoms with E-state index >= 15 is 0 Å². The van der Waals surface area contributed by atoms with Gasteiger partial charge >= 0.3 is 20.2 Å². The van der Waals surface area contributed by atoms with Crippen LogP contribution in [0.2, 0.25) is 0 Å². The van der Waals surface area contributed by atoms with Crippen LogP contribution in [0.15, 0.2) is 91.3 Å². The van der Waals surface area contributed by atoms with E-state index in [1.165, 1.54) is 46.4 Å². The maximum atomic E-state index is 12.1. The van der Waals surface area contributed by atoms with Crippen LogP contribution < -0.4 is 4.52 Å². The number of nitrogens with zero attached hydrogens (tertiary/aromatic N) is 4. The van der Waals surface area contributed by atoms with Crippen LogP contribution in [0.25, 0.3) is 66.4 Å². The molecule has 0 saturated heterocycles. The number of hydrogen-bond donors (Lipinski definition) is 3. The predicted octanol–water partition coefficient (Wildman–Crippen LogP) is 8.92. The van der Waals surface area contributed by atoms with E-state index in [1.54, 1.807) is 42.5 Å². The van der Waals surface area contributed by atoms with Gasteiger partial charge in [0.2, 0.25) is 5.75 Å². The fourth-order valence-electron chi connectivity index (χ4n) is 6.87. The van der Waals surface area contributed by atoms with Gasteiger partial charge in [-0.15, -0.1) is 4.89 Å². The quantitative estimate of drug-likeness (QED) is 0.0498. The molecular formula is C42H42N6O7P+. The van der Waals surface area contributed by atoms with Crippen LogP contribution in [0.4, 0.5) is 0 Å². The van der Waals surface area contributed by atoms with Crippen molar-refractivity contribution in [2.45, 2.75) is 32.6 Å². The average molecular weight is 774 g/mol. The number of carbonyl (C=O) groups is 2. The predicted molar refractivity (Wildman–Crippen MR) is 217 cm³/mol. The van der Waals surface area contributed by atoms with Crippen molar-refractivity contribution in [2.24, 2.45) is 0 Å². The average Bonchev–Trinajstić information content (AvgIpc) is 3.95. The Kier molecular flexibility index (Phi) is 11.3. The molecule has 286 valence electrons. The molecule has 1 atom stereocenters. The van der Waals surface area contributed by atoms with Crippen LogP contribution in [-0.2, 0) is 14.0 Å². The van der Waals surface area contributed by atoms with Gasteiger partial charge in [-0.25, -0.2) is 24.1 Å². The first-order chi connectivity index (χ1) is 27.1. The molecule has 3 N–H and O–H groups in total. The van der Waals surface area contributed by atoms with Crippen LogP contribution in [-0.4, -0.2) is 81.0 Å². The van der Waals surface area contributed by atoms with Gasteiger partial charge in [0.25, 0.3) is 0 Å². The standard InChI is InChI=1S/C32H21N4O7P.C10H20N2/c1-41-31(37)18-7-10-24-26(13-18)35-29(33-24)20-5-3-4-16-12-17-6-9-21(28(43-44(39)40)23(17)15-22(16)20)30-34-25-11-8-19(32(38)42-2)14-27(25)36-30;1-3-4-5-6-7-12-9-8-11(2)10-12/h3-15H,1-2H3,(H2-,33,34,35,36,37,38,39,40);8-9H,3-7,10H2,1-2H3/p+1. The molecule has 56 heavy (non-hydrogen) atoms. The Bertz CT molecular complexity index is 2630. The summed E-state index contributed by atoms with van der Waals surface area (Å²) in [6, 6.07) is 23.4. The first-order valence-corrected chi connectivity index (χ1v) is 19.4. The summed E-state index contributed by atoms with van der Waals surface area (Å²) in [6.07, 6.45) is 9.76. The van der Waals surface area contributed by atoms with Gasteiger partial charge in [0.15, 0.2) is 0 Å². The van der Waals surface area contributed by atoms with Crippen molar-refractivity contribution in [3.8, 4) is 28.5 Å². The number of hydrogen-bond acceptors (Lipinski definition) is 10. The number of rotatable bonds is 11. The SMILES string of the molecule is CCCCCCN1C=CN(C)C1.COC(=O)c1ccc2[nH]c(-c3ccc4cc5cccc(-c6nc7cc(C(=O)OC)ccc7[nH]6)c5cc4c3O[P+](=O)O)nc2c1. The molecule has 0 spiro atoms. The molecule has 0 bridgehead atoms. The summed E-state index contributed by atoms with van der Waals surface area (Å²) >= 11 is 0. The molecule has 2 aromatic heterocycles. The lowest BCUT2D eigenvalue weighted by Crippen LogP contribution is -2.23. The van der Waals surface area contributed by atoms with Gasteiger partial charge < -0.3 is 29.2 Å². The number of unbranched alkanes of at least 4 members (excludes halogenated alkanes) is 3. The van der Waals surface area contributed by atoms with Crippen molar-refractivity contribution in [1.82, 2.24) is 29.7 Å². The third kappa shape index (κ3) is 8.05. The van der Waals surface area contributed by atoms with Gasteiger partial charge in [-0.3, -0.25) is 0 Å². The number of imidazole rings is 2. The lowest BCUT2D eigenvalue weighted by atomic mass is 9.97. The molecule has 0 fully saturated rings. The minimum atomic E-state index is -3.02. The van der Waals surface area contributed by atoms with Gasteiger partial charge in [0.1, 0.15) is 11.6 Å². The summed E-state index contributed by atoms with van der Waals surface area (Å²) in [5.41, 5.74) is 4.50. The van der Waals surface area contributed by atoms with Crippen LogP contribution in [0.3, 0.4) is 0 Å². The van der Waals surface area contributed by atoms with Crippen molar-refractivity contribution in [3.05, 3.63) is 102 Å². The van der Waals surface area contributed by atoms with E-state index < -0.39 is 20.2 Å². The van der Waals surface area contributed by atoms with E-state index in [1.807, 2.05) is 36.4 Å². The van der Waals surface area contributed by atoms with Crippen LogP contribution in [0.5, 0.6) is 5.75 Å². The van der Waals surface area contributed by atoms with Crippen molar-refractivity contribution in [1.29, 1.82) is 0 Å². The van der Waals surface area contributed by atoms with E-state index in [0.29, 0.717) is 50.3 Å². The molecule has 0 saturated carbocycles. The lowest BCUT2D eigenvalue weighted by molar-refractivity contribution is 0.0592. The molecule has 3 heterocycles. The van der Waals surface area contributed by atoms with Crippen LogP contribution in [0, 0.1) is 0 Å². The number of ether oxygens (including phenoxy) is 2. The van der Waals surface area contributed by atoms with Gasteiger partial charge in [0.05, 0.1) is 59.6 Å². The zero-order chi connectivity index (χ0) is 39.3. The Morgan fingerprint density at radius 3 is 2.00 bits per heavy atom. The monoisotopic (exact) mass is 773 g/mol. The van der Waals surface area contributed by atoms with Gasteiger partial charge in [-0.2, -0.15) is 0 Å². The number of aromatic amines is 2. The van der Waals surface area contributed by atoms with Crippen molar-refractivity contribution in [2.75, 3.05) is 34.5 Å². The van der Waals surface area contributed by atoms with Gasteiger partial charge in [-0.1, -0.05) is 50.5 Å². The van der Waals surface area contributed by atoms with E-state index in [0.717, 1.165) is 33.9 Å². The zero-order valence-electron chi connectivity index (χ0n) is 31.5. The summed E-state index contributed by atoms with van der Waals surface area (Å²) in [6.45, 7) is 4.55. The normalized spacial score (nSPS) is 12.7. The van der Waals surface area contributed by atoms with E-state index in [9.17, 15) is 19.0 Å². The number of esters is 2. The summed E-state index contributed by atoms with van der Waals surface area (Å²) < 4.78 is 27.3. The molecule has 1 aliphatic rings. The second-order valence-electron chi connectivity index (χ2n) is 13.6. The van der Waals surface area contributed by atoms with Crippen LogP contribution >= 0.6 is 8.25 Å². The fraction of sp³-hybridized carbons (Fsp3) is 0.238. The first-order valence-electron chi connectivity index (χ1n) is 18.3. The first kappa shape index (κ1) is 38.0. The summed E-state index contributed by atoms with van der Waals surface area (Å²) in [7, 11) is 1.72. The van der Waals surface area contributed by atoms with E-state index in [-0.39, 0.29) is 5.75 Å². The molecular weight excluding hydrogens is 731 g/mol. The molecule has 13 nitrogen and oxygen atoms in total. The van der Waals surface area contributed by atoms with Crippen LogP contribution in [0.1, 0.15) is 53.3 Å². The Hall–Kier alpha value is -6.30. The number of methoxy groups -OCH3 is 2. The van der Waals surface area contributed by atoms with Gasteiger partial charge in [-0.05, 0) is 77.2 Å². The molecule has 0 amide bonds. The number of aromatic nitrogens is 4. The summed E-state index contributed by atoms with van der Waals surface area (Å²) in [5.74, 6) is 0.203. The molecule has 1 aliphatic heterocycles. The highest BCUT2D eigenvalue weighted by atomic mass is 31.1. The smallest absolute Gasteiger partial charge is 0.465 e. The molecule has 0 aliphatic carbocycles. The highest BCUT2D eigenvalue weighted by Gasteiger charge is 2.25. The minimum Gasteiger partial charge on any atom is -0.465 e. The number of nitrogens with one attached hydrogen (secondary N) is 2. The number of benzene rings is 5. The van der Waals surface area contributed by atoms with Crippen molar-refractivity contribution < 1.29 is 33.0 Å². The van der Waals surface area contributed by atoms with E-state index in [4.69, 9.17) is 19.0 Å². The summed E-state index contributed by atoms with van der Waals surface area (Å²) in [5, 5.41) is 3.09. The molecule has 7 aromatic rings. The Balaban J connectivity index is 0.000000344. The third-order valence-electron chi connectivity index (χ3n) is 9.69. The highest BCUT2D eigenvalue weighted by molar-refractivity contribution is 7.32. The zero-order valence-corrected chi connectivity index (χ0v) is 32.4. The molecule has 1 unspecified atom stereocenters. The number of fused-ring (bicyclic) bond motifs is 4. The van der Waals surface area contributed by atoms with Crippen molar-refractivity contribution in [3.63, 3.8) is 0 Å². The lowest BCUT2D eigenvalue weighted by Gasteiger charge is -2.17. The molecule has 14 heteroatoms. The molecule has 0 radical (unpaired) electrons. The Morgan fingerprint density at radius 2 is 1.41 bits per heavy atom. The molecule has 5 aromatic carbocycles. The Labute approximate surface area is 323 Å². The minimum absolute atomic E-state index is 0.169. The number of H-pyrrole nitrogens is 2. The maximum absolute atomic E-state index is 12.1. The topological polar surface area (TPSA) is 163 Å². The molecule has 8 rings (SSSR count). The number of carbonyl (C=O) groups excluding carboxylic acids is 2. The Morgan fingerprint density at radius 1 is 0.768 bits per heavy atom. The second-order valence-corrected chi connectivity index (χ2v) is 14.2. The highest BCUT2D eigenvalue weighted by Crippen LogP contribution is 2.43. The van der Waals surface area contributed by atoms with Gasteiger partial charge in [0, 0.05) is 41.5 Å².